The number of amides is 2. The van der Waals surface area contributed by atoms with Crippen molar-refractivity contribution in [1.29, 1.82) is 0 Å². The Hall–Kier alpha value is -1.84. The van der Waals surface area contributed by atoms with Crippen molar-refractivity contribution in [2.75, 3.05) is 11.4 Å². The van der Waals surface area contributed by atoms with E-state index in [0.29, 0.717) is 19.4 Å². The first-order valence-electron chi connectivity index (χ1n) is 6.38. The fraction of sp³-hybridized carbons (Fsp3) is 0.429. The number of nitrogens with one attached hydrogen (secondary N) is 1. The number of hydrogen-bond donors (Lipinski definition) is 1. The second-order valence-electron chi connectivity index (χ2n) is 4.48. The average Bonchev–Trinajstić information content (AvgIpc) is 2.72. The minimum Gasteiger partial charge on any atom is -0.344 e. The first kappa shape index (κ1) is 12.6. The molecule has 1 atom stereocenters. The first-order valence-corrected chi connectivity index (χ1v) is 6.38. The van der Waals surface area contributed by atoms with Crippen molar-refractivity contribution in [3.8, 4) is 0 Å². The number of hydrogen-bond acceptors (Lipinski definition) is 2. The van der Waals surface area contributed by atoms with Crippen LogP contribution in [0.1, 0.15) is 26.2 Å². The van der Waals surface area contributed by atoms with Gasteiger partial charge in [0.05, 0.1) is 0 Å². The summed E-state index contributed by atoms with van der Waals surface area (Å²) in [4.78, 5) is 25.4. The molecule has 4 heteroatoms. The minimum atomic E-state index is -0.357. The molecule has 1 aliphatic rings. The van der Waals surface area contributed by atoms with E-state index in [4.69, 9.17) is 0 Å². The molecule has 18 heavy (non-hydrogen) atoms. The Bertz CT molecular complexity index is 431. The van der Waals surface area contributed by atoms with Gasteiger partial charge in [-0.25, -0.2) is 0 Å². The lowest BCUT2D eigenvalue weighted by atomic mass is 10.2. The molecule has 0 unspecified atom stereocenters. The lowest BCUT2D eigenvalue weighted by Crippen LogP contribution is -2.41. The Balaban J connectivity index is 1.99. The molecule has 1 aromatic carbocycles. The van der Waals surface area contributed by atoms with E-state index >= 15 is 0 Å². The van der Waals surface area contributed by atoms with Crippen LogP contribution in [0.4, 0.5) is 5.69 Å². The monoisotopic (exact) mass is 246 g/mol. The van der Waals surface area contributed by atoms with E-state index in [1.807, 2.05) is 37.3 Å². The highest BCUT2D eigenvalue weighted by molar-refractivity contribution is 6.01. The van der Waals surface area contributed by atoms with Crippen LogP contribution in [0.15, 0.2) is 30.3 Å². The van der Waals surface area contributed by atoms with Gasteiger partial charge in [0, 0.05) is 18.7 Å². The second kappa shape index (κ2) is 5.67. The maximum absolute atomic E-state index is 12.2. The van der Waals surface area contributed by atoms with Gasteiger partial charge in [-0.1, -0.05) is 25.1 Å². The van der Waals surface area contributed by atoms with Crippen LogP contribution in [-0.4, -0.2) is 24.4 Å². The summed E-state index contributed by atoms with van der Waals surface area (Å²) in [5.41, 5.74) is 0.898. The van der Waals surface area contributed by atoms with Crippen LogP contribution >= 0.6 is 0 Å². The smallest absolute Gasteiger partial charge is 0.249 e. The SMILES string of the molecule is CCCC(=O)N[C@H]1CCN(c2ccccc2)C1=O. The summed E-state index contributed by atoms with van der Waals surface area (Å²) in [7, 11) is 0. The number of carbonyl (C=O) groups is 2. The predicted octanol–water partition coefficient (Wildman–Crippen LogP) is 1.71. The molecule has 0 spiro atoms. The summed E-state index contributed by atoms with van der Waals surface area (Å²) in [5.74, 6) is -0.0450. The molecule has 0 radical (unpaired) electrons. The molecule has 1 saturated heterocycles. The van der Waals surface area contributed by atoms with E-state index in [-0.39, 0.29) is 17.9 Å². The predicted molar refractivity (Wildman–Crippen MR) is 70.3 cm³/mol. The third-order valence-electron chi connectivity index (χ3n) is 3.09. The van der Waals surface area contributed by atoms with E-state index in [2.05, 4.69) is 5.32 Å². The van der Waals surface area contributed by atoms with Crippen molar-refractivity contribution in [2.45, 2.75) is 32.2 Å². The number of nitrogens with zero attached hydrogens (tertiary/aromatic N) is 1. The normalized spacial score (nSPS) is 19.1. The van der Waals surface area contributed by atoms with Crippen molar-refractivity contribution >= 4 is 17.5 Å². The first-order chi connectivity index (χ1) is 8.72. The van der Waals surface area contributed by atoms with Crippen LogP contribution in [0.5, 0.6) is 0 Å². The zero-order valence-electron chi connectivity index (χ0n) is 10.6. The van der Waals surface area contributed by atoms with Crippen molar-refractivity contribution in [3.63, 3.8) is 0 Å². The van der Waals surface area contributed by atoms with E-state index in [9.17, 15) is 9.59 Å². The molecule has 0 bridgehead atoms. The Morgan fingerprint density at radius 2 is 2.11 bits per heavy atom. The molecule has 0 aliphatic carbocycles. The zero-order valence-corrected chi connectivity index (χ0v) is 10.6. The fourth-order valence-electron chi connectivity index (χ4n) is 2.17. The summed E-state index contributed by atoms with van der Waals surface area (Å²) in [6.07, 6.45) is 1.97. The van der Waals surface area contributed by atoms with Crippen LogP contribution < -0.4 is 10.2 Å². The summed E-state index contributed by atoms with van der Waals surface area (Å²) in [5, 5.41) is 2.80. The Kier molecular flexibility index (Phi) is 3.97. The van der Waals surface area contributed by atoms with Crippen LogP contribution in [0, 0.1) is 0 Å². The summed E-state index contributed by atoms with van der Waals surface area (Å²) in [6, 6.07) is 9.20. The second-order valence-corrected chi connectivity index (χ2v) is 4.48. The Labute approximate surface area is 107 Å². The van der Waals surface area contributed by atoms with Crippen LogP contribution in [0.2, 0.25) is 0 Å². The maximum Gasteiger partial charge on any atom is 0.249 e. The van der Waals surface area contributed by atoms with Crippen molar-refractivity contribution < 1.29 is 9.59 Å². The highest BCUT2D eigenvalue weighted by atomic mass is 16.2. The van der Waals surface area contributed by atoms with Gasteiger partial charge in [-0.05, 0) is 25.0 Å². The number of benzene rings is 1. The van der Waals surface area contributed by atoms with Crippen LogP contribution in [0.3, 0.4) is 0 Å². The molecule has 0 saturated carbocycles. The van der Waals surface area contributed by atoms with Gasteiger partial charge in [0.25, 0.3) is 0 Å². The highest BCUT2D eigenvalue weighted by Gasteiger charge is 2.33. The fourth-order valence-corrected chi connectivity index (χ4v) is 2.17. The molecule has 2 rings (SSSR count). The third kappa shape index (κ3) is 2.70. The van der Waals surface area contributed by atoms with Crippen LogP contribution in [0.25, 0.3) is 0 Å². The van der Waals surface area contributed by atoms with Gasteiger partial charge in [0.2, 0.25) is 11.8 Å². The number of para-hydroxylation sites is 1. The molecule has 2 amide bonds. The van der Waals surface area contributed by atoms with E-state index in [1.54, 1.807) is 4.90 Å². The molecule has 0 aromatic heterocycles. The average molecular weight is 246 g/mol. The molecule has 1 aliphatic heterocycles. The van der Waals surface area contributed by atoms with Crippen molar-refractivity contribution in [3.05, 3.63) is 30.3 Å². The number of carbonyl (C=O) groups excluding carboxylic acids is 2. The van der Waals surface area contributed by atoms with E-state index < -0.39 is 0 Å². The molecular weight excluding hydrogens is 228 g/mol. The molecule has 1 fully saturated rings. The van der Waals surface area contributed by atoms with Gasteiger partial charge in [0.15, 0.2) is 0 Å². The van der Waals surface area contributed by atoms with E-state index in [1.165, 1.54) is 0 Å². The highest BCUT2D eigenvalue weighted by Crippen LogP contribution is 2.21. The van der Waals surface area contributed by atoms with Gasteiger partial charge in [0.1, 0.15) is 6.04 Å². The van der Waals surface area contributed by atoms with Gasteiger partial charge in [-0.15, -0.1) is 0 Å². The summed E-state index contributed by atoms with van der Waals surface area (Å²) in [6.45, 7) is 2.62. The van der Waals surface area contributed by atoms with Gasteiger partial charge in [-0.3, -0.25) is 9.59 Å². The number of rotatable bonds is 4. The summed E-state index contributed by atoms with van der Waals surface area (Å²) < 4.78 is 0. The number of anilines is 1. The quantitative estimate of drug-likeness (QED) is 0.879. The maximum atomic E-state index is 12.2. The minimum absolute atomic E-state index is 0.00865. The van der Waals surface area contributed by atoms with Gasteiger partial charge >= 0.3 is 0 Å². The topological polar surface area (TPSA) is 49.4 Å². The van der Waals surface area contributed by atoms with Gasteiger partial charge in [-0.2, -0.15) is 0 Å². The Morgan fingerprint density at radius 3 is 2.78 bits per heavy atom. The zero-order chi connectivity index (χ0) is 13.0. The standard InChI is InChI=1S/C14H18N2O2/c1-2-6-13(17)15-12-9-10-16(14(12)18)11-7-4-3-5-8-11/h3-5,7-8,12H,2,6,9-10H2,1H3,(H,15,17)/t12-/m0/s1. The lowest BCUT2D eigenvalue weighted by Gasteiger charge is -2.17. The van der Waals surface area contributed by atoms with E-state index in [0.717, 1.165) is 12.1 Å². The molecule has 1 aromatic rings. The largest absolute Gasteiger partial charge is 0.344 e. The third-order valence-corrected chi connectivity index (χ3v) is 3.09. The molecule has 1 N–H and O–H groups in total. The van der Waals surface area contributed by atoms with Gasteiger partial charge < -0.3 is 10.2 Å². The molecular formula is C14H18N2O2. The summed E-state index contributed by atoms with van der Waals surface area (Å²) >= 11 is 0. The molecule has 4 nitrogen and oxygen atoms in total. The van der Waals surface area contributed by atoms with Crippen molar-refractivity contribution in [1.82, 2.24) is 5.32 Å². The lowest BCUT2D eigenvalue weighted by molar-refractivity contribution is -0.126. The Morgan fingerprint density at radius 1 is 1.39 bits per heavy atom. The van der Waals surface area contributed by atoms with Crippen molar-refractivity contribution in [2.24, 2.45) is 0 Å². The molecule has 1 heterocycles. The molecule has 96 valence electrons. The van der Waals surface area contributed by atoms with Crippen LogP contribution in [-0.2, 0) is 9.59 Å².